The summed E-state index contributed by atoms with van der Waals surface area (Å²) in [7, 11) is -28.0. The van der Waals surface area contributed by atoms with Crippen LogP contribution in [0.5, 0.6) is 0 Å². The number of carbonyl (C=O) groups is 1. The molecular formula is C48H57N2O21S6+. The lowest BCUT2D eigenvalue weighted by atomic mass is 9.74. The second-order valence-corrected chi connectivity index (χ2v) is 27.6. The number of hydrogen-bond acceptors (Lipinski definition) is 15. The van der Waals surface area contributed by atoms with Crippen molar-refractivity contribution in [2.45, 2.75) is 95.6 Å². The van der Waals surface area contributed by atoms with Crippen LogP contribution >= 0.6 is 0 Å². The fraction of sp³-hybridized carbons (Fsp3) is 0.375. The van der Waals surface area contributed by atoms with Gasteiger partial charge in [0.15, 0.2) is 5.71 Å². The van der Waals surface area contributed by atoms with Gasteiger partial charge in [-0.2, -0.15) is 55.1 Å². The molecule has 0 spiro atoms. The molecule has 0 amide bonds. The number of aliphatic carboxylic acids is 1. The normalized spacial score (nSPS) is 19.3. The number of methoxy groups -OCH3 is 1. The topological polar surface area (TPSA) is 379 Å². The third kappa shape index (κ3) is 14.0. The zero-order valence-corrected chi connectivity index (χ0v) is 46.4. The van der Waals surface area contributed by atoms with Crippen molar-refractivity contribution in [3.8, 4) is 0 Å². The van der Waals surface area contributed by atoms with E-state index in [0.29, 0.717) is 60.6 Å². The molecule has 29 heteroatoms. The van der Waals surface area contributed by atoms with Gasteiger partial charge in [0.25, 0.3) is 60.7 Å². The van der Waals surface area contributed by atoms with E-state index in [2.05, 4.69) is 0 Å². The zero-order chi connectivity index (χ0) is 57.3. The van der Waals surface area contributed by atoms with Gasteiger partial charge in [-0.25, -0.2) is 0 Å². The Bertz CT molecular complexity index is 3910. The Morgan fingerprint density at radius 2 is 1.13 bits per heavy atom. The molecule has 23 nitrogen and oxygen atoms in total. The molecule has 0 saturated heterocycles. The minimum Gasteiger partial charge on any atom is -0.481 e. The standard InChI is InChI=1S/C48H56N2O21S6/c1-47(21-12-26-72(53,54)55)42(50(24-13-27-73(56,57)58)38-19-17-34-36(45(38)47)28-32(74(59,60)61)30-40(34)76(65,66)67)14-8-5-4-6-9-15-43-48(2,22-25-71-3)46-37-29-33(75(62,63)64)31-41(77(68,69)70)35(37)18-20-39(46)49(43)23-11-7-10-16-44(51)52/h4-6,8-9,14-15,17-20,28-31H,7,10-13,16,21-27H2,1-3H3,(H6-,51,52,53,54,55,56,57,58,59,60,61,62,63,64,65,66,67,68,69,70)/p+1. The monoisotopic (exact) mass is 1190 g/mol. The molecule has 2 atom stereocenters. The number of rotatable bonds is 25. The molecule has 420 valence electrons. The molecule has 7 N–H and O–H groups in total. The molecule has 0 bridgehead atoms. The average Bonchev–Trinajstić information content (AvgIpc) is 3.67. The van der Waals surface area contributed by atoms with Crippen LogP contribution in [0, 0.1) is 0 Å². The number of fused-ring (bicyclic) bond motifs is 6. The number of carboxylic acids is 1. The molecule has 2 heterocycles. The molecule has 77 heavy (non-hydrogen) atoms. The number of benzene rings is 4. The second-order valence-electron chi connectivity index (χ2n) is 18.9. The van der Waals surface area contributed by atoms with Gasteiger partial charge in [0.1, 0.15) is 16.3 Å². The Morgan fingerprint density at radius 3 is 1.66 bits per heavy atom. The third-order valence-electron chi connectivity index (χ3n) is 13.5. The Morgan fingerprint density at radius 1 is 0.597 bits per heavy atom. The lowest BCUT2D eigenvalue weighted by Crippen LogP contribution is -2.32. The highest BCUT2D eigenvalue weighted by Gasteiger charge is 2.49. The number of nitrogens with zero attached hydrogens (tertiary/aromatic N) is 2. The van der Waals surface area contributed by atoms with E-state index in [4.69, 9.17) is 4.74 Å². The molecule has 0 fully saturated rings. The quantitative estimate of drug-likeness (QED) is 0.0166. The molecule has 4 aromatic carbocycles. The summed E-state index contributed by atoms with van der Waals surface area (Å²) in [6.07, 6.45) is 12.2. The maximum Gasteiger partial charge on any atom is 0.303 e. The van der Waals surface area contributed by atoms with E-state index in [1.807, 2.05) is 11.8 Å². The van der Waals surface area contributed by atoms with Crippen LogP contribution in [0.3, 0.4) is 0 Å². The van der Waals surface area contributed by atoms with Crippen LogP contribution in [0.1, 0.15) is 76.3 Å². The summed E-state index contributed by atoms with van der Waals surface area (Å²) in [5.41, 5.74) is -0.178. The first-order valence-electron chi connectivity index (χ1n) is 23.4. The van der Waals surface area contributed by atoms with Crippen molar-refractivity contribution in [1.29, 1.82) is 0 Å². The van der Waals surface area contributed by atoms with Crippen LogP contribution in [-0.4, -0.2) is 137 Å². The molecule has 6 rings (SSSR count). The molecule has 2 unspecified atom stereocenters. The predicted octanol–water partition coefficient (Wildman–Crippen LogP) is 6.29. The number of anilines is 1. The number of ether oxygens (including phenoxy) is 1. The molecule has 0 saturated carbocycles. The first-order chi connectivity index (χ1) is 35.5. The average molecular weight is 1190 g/mol. The maximum absolute atomic E-state index is 12.7. The van der Waals surface area contributed by atoms with Crippen LogP contribution < -0.4 is 4.90 Å². The van der Waals surface area contributed by atoms with Crippen molar-refractivity contribution >= 4 is 105 Å². The summed E-state index contributed by atoms with van der Waals surface area (Å²) in [6, 6.07) is 9.00. The van der Waals surface area contributed by atoms with Crippen molar-refractivity contribution in [3.63, 3.8) is 0 Å². The number of allylic oxidation sites excluding steroid dienone is 8. The first-order valence-corrected chi connectivity index (χ1v) is 32.4. The number of carboxylic acid groups (broad SMARTS) is 1. The van der Waals surface area contributed by atoms with Gasteiger partial charge in [0, 0.05) is 78.4 Å². The van der Waals surface area contributed by atoms with E-state index in [1.54, 1.807) is 60.1 Å². The number of hydrogen-bond donors (Lipinski definition) is 7. The van der Waals surface area contributed by atoms with Crippen molar-refractivity contribution in [2.75, 3.05) is 43.2 Å². The van der Waals surface area contributed by atoms with Crippen molar-refractivity contribution in [3.05, 3.63) is 108 Å². The molecule has 2 aliphatic heterocycles. The zero-order valence-electron chi connectivity index (χ0n) is 41.5. The van der Waals surface area contributed by atoms with Gasteiger partial charge in [-0.15, -0.1) is 0 Å². The molecular weight excluding hydrogens is 1130 g/mol. The highest BCUT2D eigenvalue weighted by molar-refractivity contribution is 7.87. The van der Waals surface area contributed by atoms with Crippen molar-refractivity contribution < 1.29 is 97.0 Å². The van der Waals surface area contributed by atoms with E-state index >= 15 is 0 Å². The van der Waals surface area contributed by atoms with Crippen LogP contribution in [0.15, 0.2) is 116 Å². The lowest BCUT2D eigenvalue weighted by Gasteiger charge is -2.30. The van der Waals surface area contributed by atoms with Crippen LogP contribution in [0.4, 0.5) is 11.4 Å². The van der Waals surface area contributed by atoms with Gasteiger partial charge >= 0.3 is 5.97 Å². The van der Waals surface area contributed by atoms with Gasteiger partial charge in [-0.05, 0) is 105 Å². The molecule has 0 aliphatic carbocycles. The fourth-order valence-electron chi connectivity index (χ4n) is 10.2. The van der Waals surface area contributed by atoms with E-state index < -0.39 is 109 Å². The second kappa shape index (κ2) is 22.8. The Kier molecular flexibility index (Phi) is 18.1. The third-order valence-corrected chi connectivity index (χ3v) is 18.6. The minimum absolute atomic E-state index is 0.0381. The first kappa shape index (κ1) is 60.9. The fourth-order valence-corrected chi connectivity index (χ4v) is 13.9. The summed E-state index contributed by atoms with van der Waals surface area (Å²) in [6.45, 7) is 3.72. The molecule has 4 aromatic rings. The molecule has 2 aliphatic rings. The highest BCUT2D eigenvalue weighted by Crippen LogP contribution is 2.54. The predicted molar refractivity (Wildman–Crippen MR) is 284 cm³/mol. The van der Waals surface area contributed by atoms with Gasteiger partial charge in [-0.3, -0.25) is 32.1 Å². The van der Waals surface area contributed by atoms with Crippen LogP contribution in [0.25, 0.3) is 21.5 Å². The molecule has 0 aromatic heterocycles. The van der Waals surface area contributed by atoms with Gasteiger partial charge in [0.2, 0.25) is 5.69 Å². The summed E-state index contributed by atoms with van der Waals surface area (Å²) < 4.78 is 216. The van der Waals surface area contributed by atoms with E-state index in [9.17, 15) is 87.7 Å². The van der Waals surface area contributed by atoms with Crippen LogP contribution in [0.2, 0.25) is 0 Å². The van der Waals surface area contributed by atoms with E-state index in [0.717, 1.165) is 12.1 Å². The van der Waals surface area contributed by atoms with Crippen molar-refractivity contribution in [2.24, 2.45) is 0 Å². The molecule has 0 radical (unpaired) electrons. The van der Waals surface area contributed by atoms with Crippen LogP contribution in [-0.2, 0) is 81.1 Å². The summed E-state index contributed by atoms with van der Waals surface area (Å²) in [4.78, 5) is 9.86. The highest BCUT2D eigenvalue weighted by atomic mass is 32.2. The maximum atomic E-state index is 12.7. The largest absolute Gasteiger partial charge is 0.481 e. The van der Waals surface area contributed by atoms with Crippen molar-refractivity contribution in [1.82, 2.24) is 0 Å². The van der Waals surface area contributed by atoms with Gasteiger partial charge < -0.3 is 14.7 Å². The van der Waals surface area contributed by atoms with Gasteiger partial charge in [0.05, 0.1) is 26.7 Å². The van der Waals surface area contributed by atoms with E-state index in [-0.39, 0.29) is 78.1 Å². The Hall–Kier alpha value is -5.28. The van der Waals surface area contributed by atoms with Gasteiger partial charge in [-0.1, -0.05) is 42.9 Å². The van der Waals surface area contributed by atoms with E-state index in [1.165, 1.54) is 25.3 Å². The summed E-state index contributed by atoms with van der Waals surface area (Å²) >= 11 is 0. The Balaban J connectivity index is 1.49. The number of unbranched alkanes of at least 4 members (excludes halogenated alkanes) is 2. The summed E-state index contributed by atoms with van der Waals surface area (Å²) in [5.74, 6) is -2.44. The summed E-state index contributed by atoms with van der Waals surface area (Å²) in [5, 5.41) is 8.99. The SMILES string of the molecule is COCCC1(C)C(=CC=CC=CC=CC2=[N+](CCCS(=O)(=O)O)c3ccc4c(S(=O)(=O)O)cc(S(=O)(=O)O)cc4c3C2(C)CCCS(=O)(=O)O)N(CCCCCC(=O)O)c2ccc3c(S(=O)(=O)O)cc(S(=O)(=O)O)cc3c21. The smallest absolute Gasteiger partial charge is 0.303 e. The lowest BCUT2D eigenvalue weighted by molar-refractivity contribution is -0.437. The minimum atomic E-state index is -5.17. The Labute approximate surface area is 446 Å².